The molecule has 6 heteroatoms. The highest BCUT2D eigenvalue weighted by molar-refractivity contribution is 14.0. The Hall–Kier alpha value is -1.02. The minimum absolute atomic E-state index is 0. The van der Waals surface area contributed by atoms with Crippen LogP contribution in [-0.4, -0.2) is 45.4 Å². The van der Waals surface area contributed by atoms with Gasteiger partial charge in [-0.3, -0.25) is 4.99 Å². The summed E-state index contributed by atoms with van der Waals surface area (Å²) in [4.78, 5) is 4.22. The van der Waals surface area contributed by atoms with E-state index in [2.05, 4.69) is 28.6 Å². The molecule has 0 fully saturated rings. The van der Waals surface area contributed by atoms with E-state index in [-0.39, 0.29) is 30.1 Å². The third-order valence-electron chi connectivity index (χ3n) is 3.32. The van der Waals surface area contributed by atoms with E-state index < -0.39 is 0 Å². The van der Waals surface area contributed by atoms with Gasteiger partial charge in [0.1, 0.15) is 11.9 Å². The molecule has 0 aliphatic carbocycles. The Morgan fingerprint density at radius 1 is 1.25 bits per heavy atom. The number of halogens is 1. The molecule has 5 nitrogen and oxygen atoms in total. The van der Waals surface area contributed by atoms with Crippen molar-refractivity contribution in [2.75, 3.05) is 33.4 Å². The van der Waals surface area contributed by atoms with Crippen molar-refractivity contribution in [3.05, 3.63) is 29.8 Å². The van der Waals surface area contributed by atoms with Crippen molar-refractivity contribution < 1.29 is 9.47 Å². The normalized spacial score (nSPS) is 12.2. The molecule has 1 atom stereocenters. The molecule has 0 saturated heterocycles. The molecule has 0 aromatic heterocycles. The summed E-state index contributed by atoms with van der Waals surface area (Å²) in [7, 11) is 1.78. The second-order valence-electron chi connectivity index (χ2n) is 5.53. The topological polar surface area (TPSA) is 54.9 Å². The number of aliphatic imine (C=N–C) groups is 1. The minimum Gasteiger partial charge on any atom is -0.489 e. The number of guanidine groups is 1. The highest BCUT2D eigenvalue weighted by Crippen LogP contribution is 2.13. The van der Waals surface area contributed by atoms with E-state index >= 15 is 0 Å². The Bertz CT molecular complexity index is 469. The smallest absolute Gasteiger partial charge is 0.191 e. The highest BCUT2D eigenvalue weighted by Gasteiger charge is 2.05. The zero-order valence-electron chi connectivity index (χ0n) is 15.3. The number of nitrogens with one attached hydrogen (secondary N) is 2. The monoisotopic (exact) mass is 449 g/mol. The van der Waals surface area contributed by atoms with Gasteiger partial charge in [0.05, 0.1) is 6.54 Å². The molecule has 1 aromatic rings. The summed E-state index contributed by atoms with van der Waals surface area (Å²) in [6, 6.07) is 8.09. The van der Waals surface area contributed by atoms with Crippen molar-refractivity contribution >= 4 is 29.9 Å². The van der Waals surface area contributed by atoms with E-state index in [1.54, 1.807) is 7.05 Å². The molecule has 138 valence electrons. The van der Waals surface area contributed by atoms with E-state index in [0.717, 1.165) is 44.3 Å². The molecular weight excluding hydrogens is 417 g/mol. The maximum absolute atomic E-state index is 5.90. The van der Waals surface area contributed by atoms with Crippen LogP contribution in [0.1, 0.15) is 32.3 Å². The molecule has 0 heterocycles. The summed E-state index contributed by atoms with van der Waals surface area (Å²) in [6.45, 7) is 9.33. The highest BCUT2D eigenvalue weighted by atomic mass is 127. The van der Waals surface area contributed by atoms with E-state index in [1.807, 2.05) is 32.0 Å². The van der Waals surface area contributed by atoms with Crippen LogP contribution in [0.4, 0.5) is 0 Å². The van der Waals surface area contributed by atoms with Crippen LogP contribution in [0.25, 0.3) is 0 Å². The Morgan fingerprint density at radius 3 is 2.71 bits per heavy atom. The van der Waals surface area contributed by atoms with Gasteiger partial charge in [0, 0.05) is 26.8 Å². The lowest BCUT2D eigenvalue weighted by Crippen LogP contribution is -2.42. The summed E-state index contributed by atoms with van der Waals surface area (Å²) >= 11 is 0. The first-order chi connectivity index (χ1) is 11.2. The summed E-state index contributed by atoms with van der Waals surface area (Å²) < 4.78 is 11.2. The van der Waals surface area contributed by atoms with Crippen LogP contribution in [0.15, 0.2) is 29.3 Å². The maximum atomic E-state index is 5.90. The first-order valence-electron chi connectivity index (χ1n) is 8.41. The summed E-state index contributed by atoms with van der Waals surface area (Å²) in [6.07, 6.45) is 2.19. The maximum Gasteiger partial charge on any atom is 0.191 e. The van der Waals surface area contributed by atoms with Crippen LogP contribution in [-0.2, 0) is 4.74 Å². The number of unbranched alkanes of at least 4 members (excludes halogenated alkanes) is 1. The van der Waals surface area contributed by atoms with Crippen LogP contribution in [0.5, 0.6) is 5.75 Å². The number of benzene rings is 1. The molecule has 0 aliphatic heterocycles. The molecule has 0 spiro atoms. The van der Waals surface area contributed by atoms with Crippen LogP contribution in [0.2, 0.25) is 0 Å². The van der Waals surface area contributed by atoms with Crippen molar-refractivity contribution in [2.45, 2.75) is 39.7 Å². The Kier molecular flexibility index (Phi) is 13.7. The summed E-state index contributed by atoms with van der Waals surface area (Å²) in [5.74, 6) is 1.71. The lowest BCUT2D eigenvalue weighted by Gasteiger charge is -2.18. The lowest BCUT2D eigenvalue weighted by atomic mass is 10.2. The van der Waals surface area contributed by atoms with E-state index in [0.29, 0.717) is 6.54 Å². The predicted octanol–water partition coefficient (Wildman–Crippen LogP) is 3.36. The van der Waals surface area contributed by atoms with Gasteiger partial charge in [0.2, 0.25) is 0 Å². The van der Waals surface area contributed by atoms with Crippen molar-refractivity contribution in [2.24, 2.45) is 4.99 Å². The molecular formula is C18H32IN3O2. The zero-order chi connectivity index (χ0) is 16.9. The average molecular weight is 449 g/mol. The number of aryl methyl sites for hydroxylation is 1. The Labute approximate surface area is 163 Å². The van der Waals surface area contributed by atoms with E-state index in [4.69, 9.17) is 9.47 Å². The van der Waals surface area contributed by atoms with Gasteiger partial charge in [-0.2, -0.15) is 0 Å². The van der Waals surface area contributed by atoms with Gasteiger partial charge in [-0.25, -0.2) is 0 Å². The summed E-state index contributed by atoms with van der Waals surface area (Å²) in [5.41, 5.74) is 1.20. The predicted molar refractivity (Wildman–Crippen MR) is 112 cm³/mol. The molecule has 2 N–H and O–H groups in total. The second-order valence-corrected chi connectivity index (χ2v) is 5.53. The molecule has 1 unspecified atom stereocenters. The van der Waals surface area contributed by atoms with Crippen molar-refractivity contribution in [1.29, 1.82) is 0 Å². The fraction of sp³-hybridized carbons (Fsp3) is 0.611. The third kappa shape index (κ3) is 10.7. The van der Waals surface area contributed by atoms with Gasteiger partial charge in [0.25, 0.3) is 0 Å². The van der Waals surface area contributed by atoms with E-state index in [1.165, 1.54) is 5.56 Å². The van der Waals surface area contributed by atoms with Gasteiger partial charge >= 0.3 is 0 Å². The van der Waals surface area contributed by atoms with Crippen molar-refractivity contribution in [1.82, 2.24) is 10.6 Å². The quantitative estimate of drug-likeness (QED) is 0.249. The van der Waals surface area contributed by atoms with Crippen LogP contribution in [0, 0.1) is 6.92 Å². The van der Waals surface area contributed by atoms with Crippen LogP contribution in [0.3, 0.4) is 0 Å². The first-order valence-corrected chi connectivity index (χ1v) is 8.41. The fourth-order valence-corrected chi connectivity index (χ4v) is 2.10. The molecule has 0 aliphatic rings. The molecule has 0 saturated carbocycles. The SMILES string of the molecule is CCOCCCCNC(=NC)NCC(C)Oc1cccc(C)c1.I. The minimum atomic E-state index is 0. The third-order valence-corrected chi connectivity index (χ3v) is 3.32. The van der Waals surface area contributed by atoms with Gasteiger partial charge in [0.15, 0.2) is 5.96 Å². The molecule has 1 rings (SSSR count). The number of nitrogens with zero attached hydrogens (tertiary/aromatic N) is 1. The van der Waals surface area contributed by atoms with Crippen LogP contribution >= 0.6 is 24.0 Å². The molecule has 0 amide bonds. The number of ether oxygens (including phenoxy) is 2. The Morgan fingerprint density at radius 2 is 2.04 bits per heavy atom. The molecule has 24 heavy (non-hydrogen) atoms. The average Bonchev–Trinajstić information content (AvgIpc) is 2.53. The van der Waals surface area contributed by atoms with Crippen molar-refractivity contribution in [3.63, 3.8) is 0 Å². The van der Waals surface area contributed by atoms with Gasteiger partial charge in [-0.15, -0.1) is 24.0 Å². The molecule has 0 bridgehead atoms. The summed E-state index contributed by atoms with van der Waals surface area (Å²) in [5, 5.41) is 6.59. The number of hydrogen-bond acceptors (Lipinski definition) is 3. The number of rotatable bonds is 10. The van der Waals surface area contributed by atoms with E-state index in [9.17, 15) is 0 Å². The first kappa shape index (κ1) is 23.0. The van der Waals surface area contributed by atoms with Gasteiger partial charge < -0.3 is 20.1 Å². The largest absolute Gasteiger partial charge is 0.489 e. The fourth-order valence-electron chi connectivity index (χ4n) is 2.10. The lowest BCUT2D eigenvalue weighted by molar-refractivity contribution is 0.143. The van der Waals surface area contributed by atoms with Crippen LogP contribution < -0.4 is 15.4 Å². The van der Waals surface area contributed by atoms with Gasteiger partial charge in [-0.05, 0) is 51.3 Å². The molecule has 1 aromatic carbocycles. The standard InChI is InChI=1S/C18H31N3O2.HI/c1-5-22-12-7-6-11-20-18(19-4)21-14-16(3)23-17-10-8-9-15(2)13-17;/h8-10,13,16H,5-7,11-12,14H2,1-4H3,(H2,19,20,21);1H. The van der Waals surface area contributed by atoms with Gasteiger partial charge in [-0.1, -0.05) is 12.1 Å². The zero-order valence-corrected chi connectivity index (χ0v) is 17.6. The number of hydrogen-bond donors (Lipinski definition) is 2. The molecule has 0 radical (unpaired) electrons. The second kappa shape index (κ2) is 14.3. The Balaban J connectivity index is 0.00000529. The van der Waals surface area contributed by atoms with Crippen molar-refractivity contribution in [3.8, 4) is 5.75 Å².